The molecule has 0 aliphatic heterocycles. The summed E-state index contributed by atoms with van der Waals surface area (Å²) in [5.74, 6) is -1.74. The van der Waals surface area contributed by atoms with Gasteiger partial charge < -0.3 is 14.6 Å². The van der Waals surface area contributed by atoms with E-state index in [1.807, 2.05) is 0 Å². The fourth-order valence-corrected chi connectivity index (χ4v) is 0.911. The highest BCUT2D eigenvalue weighted by Crippen LogP contribution is 2.07. The standard InChI is InChI=1S/C10H18O5/c1-6(2)14-10(15-7(3)4)8(11)5-9(12)13/h6-7,10H,5H2,1-4H3,(H,12,13). The van der Waals surface area contributed by atoms with Gasteiger partial charge in [0, 0.05) is 0 Å². The van der Waals surface area contributed by atoms with E-state index in [4.69, 9.17) is 14.6 Å². The van der Waals surface area contributed by atoms with Crippen LogP contribution in [0, 0.1) is 0 Å². The normalized spacial score (nSPS) is 11.4. The van der Waals surface area contributed by atoms with Crippen LogP contribution in [-0.4, -0.2) is 35.4 Å². The van der Waals surface area contributed by atoms with Gasteiger partial charge in [-0.05, 0) is 27.7 Å². The number of hydrogen-bond donors (Lipinski definition) is 1. The average molecular weight is 218 g/mol. The van der Waals surface area contributed by atoms with Crippen molar-refractivity contribution in [1.82, 2.24) is 0 Å². The minimum atomic E-state index is -1.18. The van der Waals surface area contributed by atoms with E-state index in [9.17, 15) is 9.59 Å². The topological polar surface area (TPSA) is 72.8 Å². The van der Waals surface area contributed by atoms with Gasteiger partial charge in [0.05, 0.1) is 12.2 Å². The molecular weight excluding hydrogens is 200 g/mol. The first-order valence-electron chi connectivity index (χ1n) is 4.88. The summed E-state index contributed by atoms with van der Waals surface area (Å²) in [6.07, 6.45) is -2.04. The quantitative estimate of drug-likeness (QED) is 0.513. The lowest BCUT2D eigenvalue weighted by atomic mass is 10.2. The highest BCUT2D eigenvalue weighted by Gasteiger charge is 2.24. The van der Waals surface area contributed by atoms with Crippen LogP contribution in [0.15, 0.2) is 0 Å². The van der Waals surface area contributed by atoms with Crippen LogP contribution in [0.5, 0.6) is 0 Å². The third kappa shape index (κ3) is 7.04. The zero-order valence-electron chi connectivity index (χ0n) is 9.52. The summed E-state index contributed by atoms with van der Waals surface area (Å²) in [4.78, 5) is 21.7. The number of carbonyl (C=O) groups is 2. The van der Waals surface area contributed by atoms with E-state index in [0.717, 1.165) is 0 Å². The number of ketones is 1. The molecule has 0 aliphatic carbocycles. The minimum Gasteiger partial charge on any atom is -0.481 e. The molecule has 0 fully saturated rings. The zero-order chi connectivity index (χ0) is 12.0. The summed E-state index contributed by atoms with van der Waals surface area (Å²) in [7, 11) is 0. The second kappa shape index (κ2) is 6.53. The molecule has 0 saturated carbocycles. The molecule has 0 radical (unpaired) electrons. The number of ether oxygens (including phenoxy) is 2. The molecule has 0 atom stereocenters. The van der Waals surface area contributed by atoms with E-state index in [1.165, 1.54) is 0 Å². The molecule has 0 saturated heterocycles. The smallest absolute Gasteiger partial charge is 0.311 e. The Balaban J connectivity index is 4.33. The molecule has 88 valence electrons. The Morgan fingerprint density at radius 2 is 1.47 bits per heavy atom. The van der Waals surface area contributed by atoms with Gasteiger partial charge in [-0.3, -0.25) is 9.59 Å². The van der Waals surface area contributed by atoms with Gasteiger partial charge in [0.15, 0.2) is 5.78 Å². The van der Waals surface area contributed by atoms with Gasteiger partial charge >= 0.3 is 5.97 Å². The van der Waals surface area contributed by atoms with E-state index >= 15 is 0 Å². The predicted octanol–water partition coefficient (Wildman–Crippen LogP) is 1.21. The van der Waals surface area contributed by atoms with E-state index < -0.39 is 24.5 Å². The van der Waals surface area contributed by atoms with Crippen LogP contribution in [0.4, 0.5) is 0 Å². The van der Waals surface area contributed by atoms with Crippen LogP contribution >= 0.6 is 0 Å². The highest BCUT2D eigenvalue weighted by molar-refractivity contribution is 5.96. The molecule has 5 heteroatoms. The van der Waals surface area contributed by atoms with E-state index in [1.54, 1.807) is 27.7 Å². The summed E-state index contributed by atoms with van der Waals surface area (Å²) in [6, 6.07) is 0. The second-order valence-electron chi connectivity index (χ2n) is 3.74. The van der Waals surface area contributed by atoms with Crippen molar-refractivity contribution >= 4 is 11.8 Å². The SMILES string of the molecule is CC(C)OC(OC(C)C)C(=O)CC(=O)O. The van der Waals surface area contributed by atoms with Crippen molar-refractivity contribution in [3.05, 3.63) is 0 Å². The van der Waals surface area contributed by atoms with Crippen molar-refractivity contribution in [3.63, 3.8) is 0 Å². The molecule has 0 bridgehead atoms. The highest BCUT2D eigenvalue weighted by atomic mass is 16.7. The lowest BCUT2D eigenvalue weighted by molar-refractivity contribution is -0.191. The van der Waals surface area contributed by atoms with Gasteiger partial charge in [0.2, 0.25) is 6.29 Å². The van der Waals surface area contributed by atoms with Crippen molar-refractivity contribution < 1.29 is 24.2 Å². The Labute approximate surface area is 89.4 Å². The number of Topliss-reactive ketones (excluding diaryl/α,β-unsaturated/α-hetero) is 1. The van der Waals surface area contributed by atoms with Crippen LogP contribution in [-0.2, 0) is 19.1 Å². The summed E-state index contributed by atoms with van der Waals surface area (Å²) in [5, 5.41) is 8.47. The molecular formula is C10H18O5. The first-order valence-corrected chi connectivity index (χ1v) is 4.88. The summed E-state index contributed by atoms with van der Waals surface area (Å²) < 4.78 is 10.4. The van der Waals surface area contributed by atoms with Crippen LogP contribution in [0.25, 0.3) is 0 Å². The lowest BCUT2D eigenvalue weighted by Crippen LogP contribution is -2.33. The van der Waals surface area contributed by atoms with Crippen LogP contribution in [0.2, 0.25) is 0 Å². The second-order valence-corrected chi connectivity index (χ2v) is 3.74. The summed E-state index contributed by atoms with van der Waals surface area (Å²) in [6.45, 7) is 7.02. The number of aliphatic carboxylic acids is 1. The molecule has 1 N–H and O–H groups in total. The Bertz CT molecular complexity index is 212. The van der Waals surface area contributed by atoms with E-state index in [-0.39, 0.29) is 12.2 Å². The van der Waals surface area contributed by atoms with Gasteiger partial charge in [-0.2, -0.15) is 0 Å². The number of carbonyl (C=O) groups excluding carboxylic acids is 1. The molecule has 15 heavy (non-hydrogen) atoms. The molecule has 0 aromatic heterocycles. The Morgan fingerprint density at radius 1 is 1.07 bits per heavy atom. The molecule has 0 amide bonds. The van der Waals surface area contributed by atoms with E-state index in [0.29, 0.717) is 0 Å². The lowest BCUT2D eigenvalue weighted by Gasteiger charge is -2.21. The van der Waals surface area contributed by atoms with Crippen LogP contribution in [0.3, 0.4) is 0 Å². The fourth-order valence-electron chi connectivity index (χ4n) is 0.911. The molecule has 0 rings (SSSR count). The molecule has 0 aromatic rings. The fraction of sp³-hybridized carbons (Fsp3) is 0.800. The summed E-state index contributed by atoms with van der Waals surface area (Å²) >= 11 is 0. The number of carboxylic acids is 1. The van der Waals surface area contributed by atoms with Gasteiger partial charge in [-0.1, -0.05) is 0 Å². The monoisotopic (exact) mass is 218 g/mol. The molecule has 0 unspecified atom stereocenters. The maximum absolute atomic E-state index is 11.4. The van der Waals surface area contributed by atoms with Crippen molar-refractivity contribution in [2.45, 2.75) is 52.6 Å². The zero-order valence-corrected chi connectivity index (χ0v) is 9.52. The number of rotatable bonds is 7. The third-order valence-corrected chi connectivity index (χ3v) is 1.38. The van der Waals surface area contributed by atoms with Crippen molar-refractivity contribution in [2.75, 3.05) is 0 Å². The maximum atomic E-state index is 11.4. The Morgan fingerprint density at radius 3 is 1.73 bits per heavy atom. The largest absolute Gasteiger partial charge is 0.481 e. The molecule has 0 heterocycles. The predicted molar refractivity (Wildman–Crippen MR) is 53.5 cm³/mol. The number of carboxylic acid groups (broad SMARTS) is 1. The average Bonchev–Trinajstić information content (AvgIpc) is 1.99. The van der Waals surface area contributed by atoms with Crippen molar-refractivity contribution in [3.8, 4) is 0 Å². The number of hydrogen-bond acceptors (Lipinski definition) is 4. The Kier molecular flexibility index (Phi) is 6.12. The van der Waals surface area contributed by atoms with Crippen molar-refractivity contribution in [2.24, 2.45) is 0 Å². The van der Waals surface area contributed by atoms with Crippen LogP contribution in [0.1, 0.15) is 34.1 Å². The Hall–Kier alpha value is -0.940. The molecule has 0 aromatic carbocycles. The third-order valence-electron chi connectivity index (χ3n) is 1.38. The van der Waals surface area contributed by atoms with Gasteiger partial charge in [-0.25, -0.2) is 0 Å². The van der Waals surface area contributed by atoms with Crippen molar-refractivity contribution in [1.29, 1.82) is 0 Å². The van der Waals surface area contributed by atoms with Gasteiger partial charge in [-0.15, -0.1) is 0 Å². The maximum Gasteiger partial charge on any atom is 0.311 e. The van der Waals surface area contributed by atoms with Gasteiger partial charge in [0.1, 0.15) is 6.42 Å². The van der Waals surface area contributed by atoms with Gasteiger partial charge in [0.25, 0.3) is 0 Å². The van der Waals surface area contributed by atoms with Crippen LogP contribution < -0.4 is 0 Å². The van der Waals surface area contributed by atoms with E-state index in [2.05, 4.69) is 0 Å². The molecule has 5 nitrogen and oxygen atoms in total. The first-order chi connectivity index (χ1) is 6.82. The first kappa shape index (κ1) is 14.1. The molecule has 0 spiro atoms. The summed E-state index contributed by atoms with van der Waals surface area (Å²) in [5.41, 5.74) is 0. The minimum absolute atomic E-state index is 0.188. The molecule has 0 aliphatic rings.